The van der Waals surface area contributed by atoms with Gasteiger partial charge in [0.15, 0.2) is 11.5 Å². The number of urea groups is 1. The Balaban J connectivity index is 1.57. The molecule has 0 saturated heterocycles. The summed E-state index contributed by atoms with van der Waals surface area (Å²) >= 11 is 0. The molecule has 7 nitrogen and oxygen atoms in total. The van der Waals surface area contributed by atoms with Crippen molar-refractivity contribution in [1.29, 1.82) is 0 Å². The monoisotopic (exact) mass is 408 g/mol. The van der Waals surface area contributed by atoms with E-state index in [1.807, 2.05) is 0 Å². The van der Waals surface area contributed by atoms with E-state index in [1.54, 1.807) is 12.1 Å². The van der Waals surface area contributed by atoms with Crippen LogP contribution >= 0.6 is 0 Å². The van der Waals surface area contributed by atoms with E-state index in [4.69, 9.17) is 0 Å². The topological polar surface area (TPSA) is 91.8 Å². The zero-order valence-corrected chi connectivity index (χ0v) is 15.8. The van der Waals surface area contributed by atoms with Gasteiger partial charge in [0.1, 0.15) is 11.5 Å². The van der Waals surface area contributed by atoms with E-state index >= 15 is 0 Å². The van der Waals surface area contributed by atoms with Crippen molar-refractivity contribution >= 4 is 11.8 Å². The lowest BCUT2D eigenvalue weighted by atomic mass is 9.96. The molecule has 1 aliphatic carbocycles. The number of hydrogen-bond donors (Lipinski definition) is 3. The number of rotatable bonds is 6. The van der Waals surface area contributed by atoms with Gasteiger partial charge in [0, 0.05) is 31.4 Å². The molecule has 0 aromatic carbocycles. The Morgan fingerprint density at radius 3 is 2.59 bits per heavy atom. The summed E-state index contributed by atoms with van der Waals surface area (Å²) < 4.78 is 39.5. The fraction of sp³-hybridized carbons (Fsp3) is 0.474. The second-order valence-electron chi connectivity index (χ2n) is 6.84. The van der Waals surface area contributed by atoms with Crippen LogP contribution in [0.15, 0.2) is 30.5 Å². The van der Waals surface area contributed by atoms with Gasteiger partial charge in [0.25, 0.3) is 0 Å². The van der Waals surface area contributed by atoms with Crippen LogP contribution in [0.5, 0.6) is 0 Å². The molecule has 1 saturated carbocycles. The van der Waals surface area contributed by atoms with E-state index in [0.717, 1.165) is 31.7 Å². The molecule has 10 heteroatoms. The number of hydrogen-bond acceptors (Lipinski definition) is 5. The number of alkyl halides is 3. The van der Waals surface area contributed by atoms with Crippen LogP contribution in [0.1, 0.15) is 37.8 Å². The van der Waals surface area contributed by atoms with Gasteiger partial charge >= 0.3 is 12.2 Å². The third-order valence-electron chi connectivity index (χ3n) is 4.57. The summed E-state index contributed by atoms with van der Waals surface area (Å²) in [7, 11) is 0. The maximum Gasteiger partial charge on any atom is 0.433 e. The third-order valence-corrected chi connectivity index (χ3v) is 4.57. The summed E-state index contributed by atoms with van der Waals surface area (Å²) in [6.07, 6.45) is 2.22. The molecule has 3 N–H and O–H groups in total. The summed E-state index contributed by atoms with van der Waals surface area (Å²) in [6, 6.07) is 5.60. The standard InChI is InChI=1S/C19H23F3N6O/c20-19(21,22)15-12-16(28-17(27-15)14-8-4-5-9-23-14)24-10-11-25-18(29)26-13-6-2-1-3-7-13/h4-5,8-9,12-13H,1-3,6-7,10-11H2,(H,24,27,28)(H2,25,26,29). The van der Waals surface area contributed by atoms with Gasteiger partial charge in [-0.05, 0) is 25.0 Å². The highest BCUT2D eigenvalue weighted by Crippen LogP contribution is 2.30. The molecule has 0 unspecified atom stereocenters. The van der Waals surface area contributed by atoms with Crippen LogP contribution in [-0.4, -0.2) is 40.1 Å². The normalized spacial score (nSPS) is 15.0. The number of nitrogens with zero attached hydrogens (tertiary/aromatic N) is 3. The summed E-state index contributed by atoms with van der Waals surface area (Å²) in [6.45, 7) is 0.455. The second kappa shape index (κ2) is 9.53. The molecule has 156 valence electrons. The average Bonchev–Trinajstić information content (AvgIpc) is 2.72. The quantitative estimate of drug-likeness (QED) is 0.636. The van der Waals surface area contributed by atoms with Crippen molar-refractivity contribution in [3.63, 3.8) is 0 Å². The molecular formula is C19H23F3N6O. The Bertz CT molecular complexity index is 809. The van der Waals surface area contributed by atoms with E-state index in [2.05, 4.69) is 30.9 Å². The van der Waals surface area contributed by atoms with Crippen LogP contribution in [0, 0.1) is 0 Å². The maximum absolute atomic E-state index is 13.2. The molecule has 2 aromatic rings. The van der Waals surface area contributed by atoms with Gasteiger partial charge in [-0.2, -0.15) is 13.2 Å². The number of pyridine rings is 1. The fourth-order valence-electron chi connectivity index (χ4n) is 3.14. The number of anilines is 1. The van der Waals surface area contributed by atoms with Gasteiger partial charge in [-0.25, -0.2) is 14.8 Å². The van der Waals surface area contributed by atoms with Gasteiger partial charge in [-0.1, -0.05) is 25.3 Å². The first-order valence-electron chi connectivity index (χ1n) is 9.58. The van der Waals surface area contributed by atoms with E-state index in [0.29, 0.717) is 0 Å². The Hall–Kier alpha value is -2.91. The summed E-state index contributed by atoms with van der Waals surface area (Å²) in [5.74, 6) is -0.103. The molecule has 2 aromatic heterocycles. The van der Waals surface area contributed by atoms with Crippen LogP contribution in [0.4, 0.5) is 23.8 Å². The minimum atomic E-state index is -4.61. The Labute approximate surface area is 166 Å². The Morgan fingerprint density at radius 1 is 1.10 bits per heavy atom. The smallest absolute Gasteiger partial charge is 0.368 e. The van der Waals surface area contributed by atoms with Gasteiger partial charge in [0.05, 0.1) is 0 Å². The number of carbonyl (C=O) groups is 1. The van der Waals surface area contributed by atoms with Crippen LogP contribution in [0.25, 0.3) is 11.5 Å². The minimum absolute atomic E-state index is 0.0162. The molecular weight excluding hydrogens is 385 g/mol. The van der Waals surface area contributed by atoms with Gasteiger partial charge in [-0.15, -0.1) is 0 Å². The predicted octanol–water partition coefficient (Wildman–Crippen LogP) is 3.60. The van der Waals surface area contributed by atoms with Crippen molar-refractivity contribution in [2.75, 3.05) is 18.4 Å². The predicted molar refractivity (Wildman–Crippen MR) is 102 cm³/mol. The number of halogens is 3. The maximum atomic E-state index is 13.2. The summed E-state index contributed by atoms with van der Waals surface area (Å²) in [5, 5.41) is 8.42. The zero-order chi connectivity index (χ0) is 20.7. The first kappa shape index (κ1) is 20.8. The van der Waals surface area contributed by atoms with Crippen LogP contribution < -0.4 is 16.0 Å². The highest BCUT2D eigenvalue weighted by Gasteiger charge is 2.34. The molecule has 0 radical (unpaired) electrons. The van der Waals surface area contributed by atoms with Gasteiger partial charge < -0.3 is 16.0 Å². The molecule has 0 bridgehead atoms. The molecule has 2 heterocycles. The first-order chi connectivity index (χ1) is 13.9. The van der Waals surface area contributed by atoms with E-state index < -0.39 is 11.9 Å². The van der Waals surface area contributed by atoms with Crippen molar-refractivity contribution in [3.05, 3.63) is 36.2 Å². The highest BCUT2D eigenvalue weighted by molar-refractivity contribution is 5.74. The zero-order valence-electron chi connectivity index (χ0n) is 15.8. The third kappa shape index (κ3) is 6.30. The average molecular weight is 408 g/mol. The molecule has 0 aliphatic heterocycles. The molecule has 0 atom stereocenters. The van der Waals surface area contributed by atoms with E-state index in [1.165, 1.54) is 18.7 Å². The van der Waals surface area contributed by atoms with Crippen molar-refractivity contribution in [3.8, 4) is 11.5 Å². The minimum Gasteiger partial charge on any atom is -0.368 e. The number of amides is 2. The fourth-order valence-corrected chi connectivity index (χ4v) is 3.14. The molecule has 0 spiro atoms. The van der Waals surface area contributed by atoms with Crippen LogP contribution in [-0.2, 0) is 6.18 Å². The van der Waals surface area contributed by atoms with E-state index in [9.17, 15) is 18.0 Å². The van der Waals surface area contributed by atoms with Gasteiger partial charge in [0.2, 0.25) is 0 Å². The number of aromatic nitrogens is 3. The lowest BCUT2D eigenvalue weighted by Gasteiger charge is -2.22. The van der Waals surface area contributed by atoms with Crippen molar-refractivity contribution in [2.45, 2.75) is 44.3 Å². The Kier molecular flexibility index (Phi) is 6.84. The van der Waals surface area contributed by atoms with Crippen molar-refractivity contribution in [1.82, 2.24) is 25.6 Å². The number of carbonyl (C=O) groups excluding carboxylic acids is 1. The summed E-state index contributed by atoms with van der Waals surface area (Å²) in [5.41, 5.74) is -0.815. The van der Waals surface area contributed by atoms with Crippen LogP contribution in [0.3, 0.4) is 0 Å². The van der Waals surface area contributed by atoms with E-state index in [-0.39, 0.29) is 42.5 Å². The highest BCUT2D eigenvalue weighted by atomic mass is 19.4. The molecule has 3 rings (SSSR count). The molecule has 1 aliphatic rings. The van der Waals surface area contributed by atoms with Crippen molar-refractivity contribution in [2.24, 2.45) is 0 Å². The molecule has 29 heavy (non-hydrogen) atoms. The SMILES string of the molecule is O=C(NCCNc1cc(C(F)(F)F)nc(-c2ccccn2)n1)NC1CCCCC1. The van der Waals surface area contributed by atoms with Gasteiger partial charge in [-0.3, -0.25) is 4.98 Å². The summed E-state index contributed by atoms with van der Waals surface area (Å²) in [4.78, 5) is 23.6. The van der Waals surface area contributed by atoms with Crippen LogP contribution in [0.2, 0.25) is 0 Å². The first-order valence-corrected chi connectivity index (χ1v) is 9.58. The largest absolute Gasteiger partial charge is 0.433 e. The van der Waals surface area contributed by atoms with Crippen molar-refractivity contribution < 1.29 is 18.0 Å². The number of nitrogens with one attached hydrogen (secondary N) is 3. The molecule has 2 amide bonds. The lowest BCUT2D eigenvalue weighted by molar-refractivity contribution is -0.141. The second-order valence-corrected chi connectivity index (χ2v) is 6.84. The Morgan fingerprint density at radius 2 is 1.90 bits per heavy atom. The lowest BCUT2D eigenvalue weighted by Crippen LogP contribution is -2.44. The molecule has 1 fully saturated rings.